The molecule has 19 heavy (non-hydrogen) atoms. The van der Waals surface area contributed by atoms with Crippen molar-refractivity contribution in [2.24, 2.45) is 0 Å². The SMILES string of the molecule is CNC(c1ccc(OC)nn1)c1cc(C)ccc1F. The van der Waals surface area contributed by atoms with Gasteiger partial charge in [0.1, 0.15) is 5.82 Å². The Morgan fingerprint density at radius 3 is 2.58 bits per heavy atom. The normalized spacial score (nSPS) is 12.2. The van der Waals surface area contributed by atoms with E-state index >= 15 is 0 Å². The number of nitrogens with one attached hydrogen (secondary N) is 1. The monoisotopic (exact) mass is 261 g/mol. The molecule has 0 fully saturated rings. The average molecular weight is 261 g/mol. The van der Waals surface area contributed by atoms with Crippen LogP contribution in [0, 0.1) is 12.7 Å². The summed E-state index contributed by atoms with van der Waals surface area (Å²) in [6.45, 7) is 1.93. The number of hydrogen-bond donors (Lipinski definition) is 1. The Balaban J connectivity index is 2.40. The first-order chi connectivity index (χ1) is 9.15. The lowest BCUT2D eigenvalue weighted by Gasteiger charge is -2.17. The first kappa shape index (κ1) is 13.4. The van der Waals surface area contributed by atoms with Crippen molar-refractivity contribution in [1.82, 2.24) is 15.5 Å². The standard InChI is InChI=1S/C14H16FN3O/c1-9-4-5-11(15)10(8-9)14(16-2)12-6-7-13(19-3)18-17-12/h4-8,14,16H,1-3H3. The van der Waals surface area contributed by atoms with Crippen LogP contribution in [0.1, 0.15) is 22.9 Å². The van der Waals surface area contributed by atoms with Gasteiger partial charge in [0, 0.05) is 11.6 Å². The van der Waals surface area contributed by atoms with Crippen molar-refractivity contribution in [3.63, 3.8) is 0 Å². The van der Waals surface area contributed by atoms with Crippen molar-refractivity contribution in [3.05, 3.63) is 53.0 Å². The molecule has 0 saturated heterocycles. The number of nitrogens with zero attached hydrogens (tertiary/aromatic N) is 2. The number of methoxy groups -OCH3 is 1. The van der Waals surface area contributed by atoms with Gasteiger partial charge >= 0.3 is 0 Å². The summed E-state index contributed by atoms with van der Waals surface area (Å²) in [7, 11) is 3.29. The van der Waals surface area contributed by atoms with Crippen LogP contribution in [0.5, 0.6) is 5.88 Å². The van der Waals surface area contributed by atoms with Crippen LogP contribution in [0.15, 0.2) is 30.3 Å². The lowest BCUT2D eigenvalue weighted by molar-refractivity contribution is 0.390. The minimum atomic E-state index is -0.335. The summed E-state index contributed by atoms with van der Waals surface area (Å²) in [4.78, 5) is 0. The molecule has 100 valence electrons. The fraction of sp³-hybridized carbons (Fsp3) is 0.286. The molecular formula is C14H16FN3O. The number of rotatable bonds is 4. The zero-order valence-electron chi connectivity index (χ0n) is 11.1. The van der Waals surface area contributed by atoms with Crippen LogP contribution in [0.25, 0.3) is 0 Å². The number of ether oxygens (including phenoxy) is 1. The number of aromatic nitrogens is 2. The van der Waals surface area contributed by atoms with E-state index in [4.69, 9.17) is 4.74 Å². The third-order valence-corrected chi connectivity index (χ3v) is 2.92. The van der Waals surface area contributed by atoms with Crippen molar-refractivity contribution >= 4 is 0 Å². The second-order valence-electron chi connectivity index (χ2n) is 4.25. The number of aryl methyl sites for hydroxylation is 1. The molecular weight excluding hydrogens is 245 g/mol. The second-order valence-corrected chi connectivity index (χ2v) is 4.25. The molecule has 0 bridgehead atoms. The van der Waals surface area contributed by atoms with E-state index < -0.39 is 0 Å². The van der Waals surface area contributed by atoms with Gasteiger partial charge in [-0.15, -0.1) is 10.2 Å². The van der Waals surface area contributed by atoms with E-state index in [1.165, 1.54) is 13.2 Å². The van der Waals surface area contributed by atoms with Crippen LogP contribution in [0.3, 0.4) is 0 Å². The highest BCUT2D eigenvalue weighted by atomic mass is 19.1. The zero-order chi connectivity index (χ0) is 13.8. The van der Waals surface area contributed by atoms with Gasteiger partial charge in [-0.1, -0.05) is 17.7 Å². The van der Waals surface area contributed by atoms with E-state index in [-0.39, 0.29) is 11.9 Å². The summed E-state index contributed by atoms with van der Waals surface area (Å²) in [5.74, 6) is 0.172. The molecule has 1 aromatic carbocycles. The fourth-order valence-corrected chi connectivity index (χ4v) is 1.94. The molecule has 5 heteroatoms. The van der Waals surface area contributed by atoms with Gasteiger partial charge in [0.2, 0.25) is 5.88 Å². The Morgan fingerprint density at radius 2 is 2.00 bits per heavy atom. The second kappa shape index (κ2) is 5.75. The molecule has 0 spiro atoms. The summed E-state index contributed by atoms with van der Waals surface area (Å²) in [6, 6.07) is 8.16. The molecule has 1 heterocycles. The molecule has 0 amide bonds. The molecule has 2 aromatic rings. The highest BCUT2D eigenvalue weighted by molar-refractivity contribution is 5.32. The molecule has 0 aliphatic rings. The summed E-state index contributed by atoms with van der Waals surface area (Å²) in [6.07, 6.45) is 0. The van der Waals surface area contributed by atoms with Crippen LogP contribution in [-0.4, -0.2) is 24.4 Å². The van der Waals surface area contributed by atoms with Crippen molar-refractivity contribution in [3.8, 4) is 5.88 Å². The summed E-state index contributed by atoms with van der Waals surface area (Å²) in [5, 5.41) is 11.0. The minimum absolute atomic E-state index is 0.262. The van der Waals surface area contributed by atoms with E-state index in [0.717, 1.165) is 5.56 Å². The van der Waals surface area contributed by atoms with Crippen LogP contribution >= 0.6 is 0 Å². The number of hydrogen-bond acceptors (Lipinski definition) is 4. The molecule has 1 unspecified atom stereocenters. The van der Waals surface area contributed by atoms with Crippen LogP contribution in [0.4, 0.5) is 4.39 Å². The molecule has 0 radical (unpaired) electrons. The first-order valence-electron chi connectivity index (χ1n) is 5.96. The van der Waals surface area contributed by atoms with E-state index in [9.17, 15) is 4.39 Å². The van der Waals surface area contributed by atoms with Crippen LogP contribution in [0.2, 0.25) is 0 Å². The van der Waals surface area contributed by atoms with Gasteiger partial charge in [0.25, 0.3) is 0 Å². The average Bonchev–Trinajstić information content (AvgIpc) is 2.44. The summed E-state index contributed by atoms with van der Waals surface area (Å²) in [5.41, 5.74) is 2.20. The quantitative estimate of drug-likeness (QED) is 0.917. The topological polar surface area (TPSA) is 47.0 Å². The third-order valence-electron chi connectivity index (χ3n) is 2.92. The van der Waals surface area contributed by atoms with Crippen molar-refractivity contribution < 1.29 is 9.13 Å². The largest absolute Gasteiger partial charge is 0.480 e. The number of halogens is 1. The molecule has 1 N–H and O–H groups in total. The maximum atomic E-state index is 13.9. The smallest absolute Gasteiger partial charge is 0.233 e. The molecule has 0 aliphatic carbocycles. The Labute approximate surface area is 111 Å². The Hall–Kier alpha value is -2.01. The van der Waals surface area contributed by atoms with Gasteiger partial charge < -0.3 is 10.1 Å². The van der Waals surface area contributed by atoms with Crippen molar-refractivity contribution in [2.45, 2.75) is 13.0 Å². The molecule has 1 atom stereocenters. The Kier molecular flexibility index (Phi) is 4.06. The fourth-order valence-electron chi connectivity index (χ4n) is 1.94. The minimum Gasteiger partial charge on any atom is -0.480 e. The van der Waals surface area contributed by atoms with Gasteiger partial charge in [-0.3, -0.25) is 0 Å². The van der Waals surface area contributed by atoms with Gasteiger partial charge in [-0.25, -0.2) is 4.39 Å². The zero-order valence-corrected chi connectivity index (χ0v) is 11.1. The van der Waals surface area contributed by atoms with E-state index in [1.807, 2.05) is 13.0 Å². The van der Waals surface area contributed by atoms with Gasteiger partial charge in [-0.05, 0) is 26.1 Å². The predicted molar refractivity (Wildman–Crippen MR) is 70.6 cm³/mol. The summed E-state index contributed by atoms with van der Waals surface area (Å²) < 4.78 is 18.9. The molecule has 0 saturated carbocycles. The van der Waals surface area contributed by atoms with Gasteiger partial charge in [-0.2, -0.15) is 0 Å². The highest BCUT2D eigenvalue weighted by Gasteiger charge is 2.18. The van der Waals surface area contributed by atoms with E-state index in [1.54, 1.807) is 25.2 Å². The van der Waals surface area contributed by atoms with E-state index in [2.05, 4.69) is 15.5 Å². The molecule has 4 nitrogen and oxygen atoms in total. The van der Waals surface area contributed by atoms with Crippen molar-refractivity contribution in [2.75, 3.05) is 14.2 Å². The lowest BCUT2D eigenvalue weighted by Crippen LogP contribution is -2.20. The van der Waals surface area contributed by atoms with Crippen LogP contribution in [-0.2, 0) is 0 Å². The maximum absolute atomic E-state index is 13.9. The third kappa shape index (κ3) is 2.88. The van der Waals surface area contributed by atoms with Gasteiger partial charge in [0.15, 0.2) is 0 Å². The van der Waals surface area contributed by atoms with E-state index in [0.29, 0.717) is 17.1 Å². The number of benzene rings is 1. The Morgan fingerprint density at radius 1 is 1.21 bits per heavy atom. The predicted octanol–water partition coefficient (Wildman–Crippen LogP) is 2.24. The summed E-state index contributed by atoms with van der Waals surface area (Å²) >= 11 is 0. The van der Waals surface area contributed by atoms with Crippen LogP contribution < -0.4 is 10.1 Å². The molecule has 1 aromatic heterocycles. The molecule has 2 rings (SSSR count). The lowest BCUT2D eigenvalue weighted by atomic mass is 10.0. The molecule has 0 aliphatic heterocycles. The maximum Gasteiger partial charge on any atom is 0.233 e. The first-order valence-corrected chi connectivity index (χ1v) is 5.96. The van der Waals surface area contributed by atoms with Crippen molar-refractivity contribution in [1.29, 1.82) is 0 Å². The highest BCUT2D eigenvalue weighted by Crippen LogP contribution is 2.24. The Bertz CT molecular complexity index is 557. The van der Waals surface area contributed by atoms with Gasteiger partial charge in [0.05, 0.1) is 18.8 Å².